The van der Waals surface area contributed by atoms with Gasteiger partial charge in [0.25, 0.3) is 11.8 Å². The number of thiophene rings is 1. The van der Waals surface area contributed by atoms with Gasteiger partial charge in [0.1, 0.15) is 5.75 Å². The highest BCUT2D eigenvalue weighted by atomic mass is 32.1. The van der Waals surface area contributed by atoms with Gasteiger partial charge >= 0.3 is 0 Å². The molecule has 43 heavy (non-hydrogen) atoms. The van der Waals surface area contributed by atoms with E-state index in [2.05, 4.69) is 20.1 Å². The van der Waals surface area contributed by atoms with Crippen LogP contribution >= 0.6 is 11.3 Å². The zero-order valence-corrected chi connectivity index (χ0v) is 25.4. The van der Waals surface area contributed by atoms with Crippen LogP contribution < -0.4 is 35.7 Å². The molecule has 0 unspecified atom stereocenters. The quantitative estimate of drug-likeness (QED) is 0.149. The van der Waals surface area contributed by atoms with E-state index in [0.717, 1.165) is 51.3 Å². The first-order valence-corrected chi connectivity index (χ1v) is 14.7. The second-order valence-electron chi connectivity index (χ2n) is 9.83. The van der Waals surface area contributed by atoms with Crippen molar-refractivity contribution in [3.8, 4) is 23.0 Å². The number of aliphatic imine (C=N–C) groups is 1. The molecule has 0 saturated carbocycles. The molecule has 13 heteroatoms. The Bertz CT molecular complexity index is 1420. The van der Waals surface area contributed by atoms with Crippen LogP contribution in [0.3, 0.4) is 0 Å². The molecule has 0 spiro atoms. The number of carbonyl (C=O) groups excluding carboxylic acids is 2. The van der Waals surface area contributed by atoms with Crippen molar-refractivity contribution >= 4 is 34.8 Å². The first kappa shape index (κ1) is 31.6. The van der Waals surface area contributed by atoms with E-state index in [1.807, 2.05) is 17.5 Å². The highest BCUT2D eigenvalue weighted by molar-refractivity contribution is 7.08. The molecule has 0 atom stereocenters. The van der Waals surface area contributed by atoms with Crippen molar-refractivity contribution in [3.05, 3.63) is 63.8 Å². The third-order valence-electron chi connectivity index (χ3n) is 7.01. The van der Waals surface area contributed by atoms with E-state index in [1.165, 1.54) is 17.4 Å². The Labute approximate surface area is 255 Å². The van der Waals surface area contributed by atoms with Gasteiger partial charge < -0.3 is 40.6 Å². The Morgan fingerprint density at radius 3 is 2.28 bits per heavy atom. The molecule has 1 aromatic heterocycles. The van der Waals surface area contributed by atoms with Crippen molar-refractivity contribution in [2.45, 2.75) is 13.0 Å². The van der Waals surface area contributed by atoms with Crippen molar-refractivity contribution in [1.82, 2.24) is 9.80 Å². The molecule has 2 amide bonds. The van der Waals surface area contributed by atoms with Crippen LogP contribution in [0.25, 0.3) is 0 Å². The van der Waals surface area contributed by atoms with Crippen molar-refractivity contribution in [1.29, 1.82) is 0 Å². The monoisotopic (exact) mass is 610 g/mol. The second kappa shape index (κ2) is 15.2. The fraction of sp³-hybridized carbons (Fsp3) is 0.367. The van der Waals surface area contributed by atoms with Gasteiger partial charge in [-0.3, -0.25) is 14.5 Å². The van der Waals surface area contributed by atoms with Crippen LogP contribution in [0, 0.1) is 0 Å². The lowest BCUT2D eigenvalue weighted by Gasteiger charge is -2.35. The number of rotatable bonds is 13. The molecule has 12 nitrogen and oxygen atoms in total. The van der Waals surface area contributed by atoms with Crippen molar-refractivity contribution in [3.63, 3.8) is 0 Å². The average Bonchev–Trinajstić information content (AvgIpc) is 3.55. The van der Waals surface area contributed by atoms with Crippen molar-refractivity contribution in [2.75, 3.05) is 66.0 Å². The highest BCUT2D eigenvalue weighted by Gasteiger charge is 2.21. The molecular weight excluding hydrogens is 572 g/mol. The van der Waals surface area contributed by atoms with Crippen LogP contribution in [0.2, 0.25) is 0 Å². The Balaban J connectivity index is 1.30. The number of guanidine groups is 1. The number of ether oxygens (including phenoxy) is 4. The Morgan fingerprint density at radius 2 is 1.63 bits per heavy atom. The average molecular weight is 611 g/mol. The van der Waals surface area contributed by atoms with Gasteiger partial charge in [-0.05, 0) is 42.1 Å². The minimum absolute atomic E-state index is 0.227. The van der Waals surface area contributed by atoms with E-state index in [-0.39, 0.29) is 17.4 Å². The number of hydrogen-bond acceptors (Lipinski definition) is 9. The largest absolute Gasteiger partial charge is 0.493 e. The molecule has 1 aliphatic heterocycles. The second-order valence-corrected chi connectivity index (χ2v) is 10.6. The van der Waals surface area contributed by atoms with Crippen LogP contribution in [-0.2, 0) is 6.54 Å². The van der Waals surface area contributed by atoms with Crippen molar-refractivity contribution in [2.24, 2.45) is 16.5 Å². The van der Waals surface area contributed by atoms with Crippen LogP contribution in [0.1, 0.15) is 32.7 Å². The highest BCUT2D eigenvalue weighted by Crippen LogP contribution is 2.40. The van der Waals surface area contributed by atoms with Gasteiger partial charge in [0.15, 0.2) is 17.5 Å². The summed E-state index contributed by atoms with van der Waals surface area (Å²) in [4.78, 5) is 33.5. The van der Waals surface area contributed by atoms with Gasteiger partial charge in [-0.25, -0.2) is 0 Å². The lowest BCUT2D eigenvalue weighted by molar-refractivity contribution is 0.0998. The summed E-state index contributed by atoms with van der Waals surface area (Å²) in [5, 5.41) is 6.40. The molecule has 1 saturated heterocycles. The minimum Gasteiger partial charge on any atom is -0.493 e. The van der Waals surface area contributed by atoms with Gasteiger partial charge in [0.2, 0.25) is 5.75 Å². The van der Waals surface area contributed by atoms with E-state index < -0.39 is 5.91 Å². The third kappa shape index (κ3) is 8.37. The predicted molar refractivity (Wildman–Crippen MR) is 167 cm³/mol. The maximum absolute atomic E-state index is 12.7. The normalized spacial score (nSPS) is 13.7. The summed E-state index contributed by atoms with van der Waals surface area (Å²) in [6.45, 7) is 5.75. The van der Waals surface area contributed by atoms with Gasteiger partial charge in [0.05, 0.1) is 39.2 Å². The first-order valence-electron chi connectivity index (χ1n) is 13.8. The van der Waals surface area contributed by atoms with E-state index in [0.29, 0.717) is 40.9 Å². The molecule has 0 radical (unpaired) electrons. The number of nitrogens with zero attached hydrogens (tertiary/aromatic N) is 3. The van der Waals surface area contributed by atoms with Crippen LogP contribution in [0.5, 0.6) is 23.0 Å². The minimum atomic E-state index is -0.610. The maximum atomic E-state index is 12.7. The summed E-state index contributed by atoms with van der Waals surface area (Å²) in [6, 6.07) is 10.4. The number of anilines is 1. The fourth-order valence-corrected chi connectivity index (χ4v) is 5.46. The first-order chi connectivity index (χ1) is 20.8. The summed E-state index contributed by atoms with van der Waals surface area (Å²) >= 11 is 1.42. The van der Waals surface area contributed by atoms with E-state index >= 15 is 0 Å². The summed E-state index contributed by atoms with van der Waals surface area (Å²) in [6.07, 6.45) is 0.788. The summed E-state index contributed by atoms with van der Waals surface area (Å²) in [5.74, 6) is 1.14. The summed E-state index contributed by atoms with van der Waals surface area (Å²) < 4.78 is 22.6. The molecule has 1 fully saturated rings. The van der Waals surface area contributed by atoms with Crippen molar-refractivity contribution < 1.29 is 28.5 Å². The molecule has 230 valence electrons. The van der Waals surface area contributed by atoms with Gasteiger partial charge in [-0.1, -0.05) is 6.07 Å². The lowest BCUT2D eigenvalue weighted by atomic mass is 10.1. The number of amides is 2. The standard InChI is InChI=1S/C30H38N6O6S/c1-39-25-8-6-21(26(40-2)27(25)41-3)18-36-13-11-35(12-14-36)10-4-15-42-24-7-5-20(28(37)34-30(31)32)17-23(24)33-29(38)22-9-16-43-19-22/h5-9,16-17,19H,4,10-15,18H2,1-3H3,(H,33,38)(H4,31,32,34,37). The molecule has 0 aliphatic carbocycles. The molecule has 1 aliphatic rings. The van der Waals surface area contributed by atoms with E-state index in [9.17, 15) is 9.59 Å². The molecule has 3 aromatic rings. The number of hydrogen-bond donors (Lipinski definition) is 3. The summed E-state index contributed by atoms with van der Waals surface area (Å²) in [7, 11) is 4.86. The van der Waals surface area contributed by atoms with Crippen LogP contribution in [-0.4, -0.2) is 88.2 Å². The van der Waals surface area contributed by atoms with Gasteiger partial charge in [-0.2, -0.15) is 16.3 Å². The number of benzene rings is 2. The number of piperazine rings is 1. The fourth-order valence-electron chi connectivity index (χ4n) is 4.83. The van der Waals surface area contributed by atoms with Gasteiger partial charge in [0, 0.05) is 55.8 Å². The number of methoxy groups -OCH3 is 3. The zero-order chi connectivity index (χ0) is 30.8. The smallest absolute Gasteiger partial charge is 0.280 e. The summed E-state index contributed by atoms with van der Waals surface area (Å²) in [5.41, 5.74) is 12.9. The van der Waals surface area contributed by atoms with Gasteiger partial charge in [-0.15, -0.1) is 0 Å². The molecular formula is C30H38N6O6S. The van der Waals surface area contributed by atoms with E-state index in [1.54, 1.807) is 44.9 Å². The molecule has 4 rings (SSSR count). The topological polar surface area (TPSA) is 154 Å². The molecule has 0 bridgehead atoms. The number of carbonyl (C=O) groups is 2. The molecule has 2 aromatic carbocycles. The molecule has 5 N–H and O–H groups in total. The SMILES string of the molecule is COc1ccc(CN2CCN(CCCOc3ccc(C(=O)N=C(N)N)cc3NC(=O)c3ccsc3)CC2)c(OC)c1OC. The number of nitrogens with two attached hydrogens (primary N) is 2. The van der Waals surface area contributed by atoms with E-state index in [4.69, 9.17) is 30.4 Å². The third-order valence-corrected chi connectivity index (χ3v) is 7.69. The Morgan fingerprint density at radius 1 is 0.907 bits per heavy atom. The predicted octanol–water partition coefficient (Wildman–Crippen LogP) is 3.03. The number of nitrogens with one attached hydrogen (secondary N) is 1. The zero-order valence-electron chi connectivity index (χ0n) is 24.6. The van der Waals surface area contributed by atoms with Crippen LogP contribution in [0.4, 0.5) is 5.69 Å². The Kier molecular flexibility index (Phi) is 11.2. The maximum Gasteiger partial charge on any atom is 0.280 e. The molecule has 2 heterocycles. The lowest BCUT2D eigenvalue weighted by Crippen LogP contribution is -2.46. The van der Waals surface area contributed by atoms with Crippen LogP contribution in [0.15, 0.2) is 52.2 Å². The Hall–Kier alpha value is -4.33.